The highest BCUT2D eigenvalue weighted by molar-refractivity contribution is 5.89. The topological polar surface area (TPSA) is 55.8 Å². The minimum atomic E-state index is -0.534. The van der Waals surface area contributed by atoms with E-state index < -0.39 is 23.8 Å². The van der Waals surface area contributed by atoms with E-state index in [1.54, 1.807) is 0 Å². The largest absolute Gasteiger partial charge is 0.469 e. The molecule has 1 aromatic carbocycles. The molecule has 0 radical (unpaired) electrons. The van der Waals surface area contributed by atoms with Crippen LogP contribution in [-0.4, -0.2) is 49.2 Å². The van der Waals surface area contributed by atoms with E-state index in [9.17, 15) is 14.0 Å². The maximum atomic E-state index is 13.0. The third-order valence-corrected chi connectivity index (χ3v) is 5.03. The maximum absolute atomic E-state index is 13.0. The van der Waals surface area contributed by atoms with Crippen molar-refractivity contribution in [2.45, 2.75) is 37.5 Å². The molecule has 124 valence electrons. The number of hydrogen-bond acceptors (Lipinski definition) is 5. The van der Waals surface area contributed by atoms with Gasteiger partial charge in [-0.3, -0.25) is 9.69 Å². The first-order valence-electron chi connectivity index (χ1n) is 7.77. The van der Waals surface area contributed by atoms with Gasteiger partial charge < -0.3 is 9.47 Å². The number of carbonyl (C=O) groups is 2. The van der Waals surface area contributed by atoms with Gasteiger partial charge in [-0.2, -0.15) is 0 Å². The van der Waals surface area contributed by atoms with Gasteiger partial charge in [0, 0.05) is 18.5 Å². The molecule has 0 N–H and O–H groups in total. The second-order valence-electron chi connectivity index (χ2n) is 6.20. The van der Waals surface area contributed by atoms with Gasteiger partial charge in [-0.1, -0.05) is 0 Å². The number of rotatable bonds is 3. The van der Waals surface area contributed by atoms with E-state index in [1.807, 2.05) is 7.05 Å². The molecule has 0 spiro atoms. The number of nitrogens with zero attached hydrogens (tertiary/aromatic N) is 1. The summed E-state index contributed by atoms with van der Waals surface area (Å²) in [6.07, 6.45) is 1.98. The molecule has 6 heteroatoms. The number of fused-ring (bicyclic) bond motifs is 2. The fourth-order valence-electron chi connectivity index (χ4n) is 3.78. The fraction of sp³-hybridized carbons (Fsp3) is 0.529. The molecule has 1 aromatic rings. The molecule has 0 amide bonds. The zero-order valence-electron chi connectivity index (χ0n) is 13.2. The van der Waals surface area contributed by atoms with Crippen molar-refractivity contribution in [3.8, 4) is 0 Å². The van der Waals surface area contributed by atoms with E-state index in [2.05, 4.69) is 4.90 Å². The lowest BCUT2D eigenvalue weighted by Crippen LogP contribution is -2.53. The van der Waals surface area contributed by atoms with Crippen molar-refractivity contribution in [2.75, 3.05) is 14.2 Å². The molecule has 2 aliphatic rings. The molecular weight excluding hydrogens is 300 g/mol. The number of halogens is 1. The van der Waals surface area contributed by atoms with Gasteiger partial charge in [0.1, 0.15) is 17.8 Å². The molecular formula is C17H20FNO4. The molecule has 2 unspecified atom stereocenters. The third kappa shape index (κ3) is 2.95. The second kappa shape index (κ2) is 6.28. The van der Waals surface area contributed by atoms with E-state index in [0.717, 1.165) is 12.8 Å². The summed E-state index contributed by atoms with van der Waals surface area (Å²) < 4.78 is 23.5. The highest BCUT2D eigenvalue weighted by Gasteiger charge is 2.50. The molecule has 0 saturated carbocycles. The van der Waals surface area contributed by atoms with E-state index in [1.165, 1.54) is 31.4 Å². The van der Waals surface area contributed by atoms with Crippen LogP contribution in [0.25, 0.3) is 0 Å². The summed E-state index contributed by atoms with van der Waals surface area (Å²) >= 11 is 0. The molecule has 2 aliphatic heterocycles. The quantitative estimate of drug-likeness (QED) is 0.798. The van der Waals surface area contributed by atoms with Crippen LogP contribution < -0.4 is 0 Å². The van der Waals surface area contributed by atoms with Crippen molar-refractivity contribution in [3.05, 3.63) is 35.6 Å². The van der Waals surface area contributed by atoms with Crippen molar-refractivity contribution >= 4 is 11.9 Å². The molecule has 2 saturated heterocycles. The van der Waals surface area contributed by atoms with Crippen LogP contribution in [0.15, 0.2) is 24.3 Å². The highest BCUT2D eigenvalue weighted by Crippen LogP contribution is 2.40. The van der Waals surface area contributed by atoms with E-state index in [4.69, 9.17) is 9.47 Å². The van der Waals surface area contributed by atoms with Gasteiger partial charge in [0.15, 0.2) is 0 Å². The van der Waals surface area contributed by atoms with E-state index in [0.29, 0.717) is 12.5 Å². The lowest BCUT2D eigenvalue weighted by Gasteiger charge is -2.40. The normalized spacial score (nSPS) is 30.0. The van der Waals surface area contributed by atoms with Crippen molar-refractivity contribution in [1.29, 1.82) is 0 Å². The van der Waals surface area contributed by atoms with Crippen molar-refractivity contribution in [2.24, 2.45) is 5.92 Å². The highest BCUT2D eigenvalue weighted by atomic mass is 18.2. The summed E-state index contributed by atoms with van der Waals surface area (Å²) in [5.41, 5.74) is 0.279. The third-order valence-electron chi connectivity index (χ3n) is 5.03. The fourth-order valence-corrected chi connectivity index (χ4v) is 3.78. The molecule has 2 fully saturated rings. The zero-order valence-corrected chi connectivity index (χ0v) is 13.2. The van der Waals surface area contributed by atoms with Gasteiger partial charge in [-0.05, 0) is 44.2 Å². The Labute approximate surface area is 134 Å². The number of ether oxygens (including phenoxy) is 2. The smallest absolute Gasteiger partial charge is 0.338 e. The number of benzene rings is 1. The van der Waals surface area contributed by atoms with Gasteiger partial charge in [0.25, 0.3) is 0 Å². The van der Waals surface area contributed by atoms with Crippen molar-refractivity contribution in [3.63, 3.8) is 0 Å². The van der Waals surface area contributed by atoms with Gasteiger partial charge in [-0.25, -0.2) is 9.18 Å². The Morgan fingerprint density at radius 1 is 1.22 bits per heavy atom. The summed E-state index contributed by atoms with van der Waals surface area (Å²) in [4.78, 5) is 26.7. The summed E-state index contributed by atoms with van der Waals surface area (Å²) in [5.74, 6) is -1.77. The number of piperidine rings is 1. The maximum Gasteiger partial charge on any atom is 0.338 e. The lowest BCUT2D eigenvalue weighted by molar-refractivity contribution is -0.156. The average molecular weight is 320 g/mol. The first kappa shape index (κ1) is 15.9. The average Bonchev–Trinajstić information content (AvgIpc) is 2.78. The Bertz CT molecular complexity index is 603. The first-order chi connectivity index (χ1) is 11.0. The van der Waals surface area contributed by atoms with Crippen molar-refractivity contribution in [1.82, 2.24) is 4.90 Å². The number of esters is 2. The van der Waals surface area contributed by atoms with Crippen LogP contribution in [0.1, 0.15) is 29.6 Å². The van der Waals surface area contributed by atoms with Crippen LogP contribution in [0, 0.1) is 11.7 Å². The van der Waals surface area contributed by atoms with Gasteiger partial charge in [-0.15, -0.1) is 0 Å². The zero-order chi connectivity index (χ0) is 16.6. The van der Waals surface area contributed by atoms with Crippen LogP contribution in [-0.2, 0) is 14.3 Å². The van der Waals surface area contributed by atoms with Crippen LogP contribution >= 0.6 is 0 Å². The standard InChI is InChI=1S/C17H20FNO4/c1-19-12-7-8-13(19)15(17(21)22-2)14(9-12)23-16(20)10-3-5-11(18)6-4-10/h3-6,12-15H,7-9H2,1-2H3/t12?,13?,14-,15+/m0/s1/i18-1. The number of carbonyl (C=O) groups excluding carboxylic acids is 2. The molecule has 3 rings (SSSR count). The molecule has 2 bridgehead atoms. The first-order valence-corrected chi connectivity index (χ1v) is 7.77. The molecule has 0 aliphatic carbocycles. The summed E-state index contributed by atoms with van der Waals surface area (Å²) in [6.45, 7) is 0. The van der Waals surface area contributed by atoms with Gasteiger partial charge in [0.2, 0.25) is 0 Å². The van der Waals surface area contributed by atoms with Gasteiger partial charge >= 0.3 is 11.9 Å². The van der Waals surface area contributed by atoms with Crippen molar-refractivity contribution < 1.29 is 23.5 Å². The SMILES string of the molecule is COC(=O)[C@@H]1C2CCC(C[C@@H]1OC(=O)c1ccc([18F])cc1)N2C. The summed E-state index contributed by atoms with van der Waals surface area (Å²) in [5, 5.41) is 0. The van der Waals surface area contributed by atoms with E-state index >= 15 is 0 Å². The minimum absolute atomic E-state index is 0.0345. The Morgan fingerprint density at radius 2 is 1.91 bits per heavy atom. The summed E-state index contributed by atoms with van der Waals surface area (Å²) in [6, 6.07) is 5.54. The van der Waals surface area contributed by atoms with Gasteiger partial charge in [0.05, 0.1) is 12.7 Å². The minimum Gasteiger partial charge on any atom is -0.469 e. The number of hydrogen-bond donors (Lipinski definition) is 0. The molecule has 4 atom stereocenters. The van der Waals surface area contributed by atoms with Crippen LogP contribution in [0.5, 0.6) is 0 Å². The monoisotopic (exact) mass is 320 g/mol. The molecule has 2 heterocycles. The van der Waals surface area contributed by atoms with Crippen LogP contribution in [0.2, 0.25) is 0 Å². The summed E-state index contributed by atoms with van der Waals surface area (Å²) in [7, 11) is 3.35. The predicted molar refractivity (Wildman–Crippen MR) is 80.3 cm³/mol. The molecule has 5 nitrogen and oxygen atoms in total. The van der Waals surface area contributed by atoms with E-state index in [-0.39, 0.29) is 17.6 Å². The molecule has 23 heavy (non-hydrogen) atoms. The number of methoxy groups -OCH3 is 1. The Morgan fingerprint density at radius 3 is 2.57 bits per heavy atom. The van der Waals surface area contributed by atoms with Crippen LogP contribution in [0.3, 0.4) is 0 Å². The second-order valence-corrected chi connectivity index (χ2v) is 6.20. The lowest BCUT2D eigenvalue weighted by atomic mass is 9.87. The Balaban J connectivity index is 1.78. The van der Waals surface area contributed by atoms with Crippen LogP contribution in [0.4, 0.5) is 4.39 Å². The Kier molecular flexibility index (Phi) is 4.35. The predicted octanol–water partition coefficient (Wildman–Crippen LogP) is 2.01. The molecule has 0 aromatic heterocycles. The Hall–Kier alpha value is -1.95.